The number of nitrogens with one attached hydrogen (secondary N) is 2. The highest BCUT2D eigenvalue weighted by Gasteiger charge is 2.51. The number of amides is 2. The first-order valence-corrected chi connectivity index (χ1v) is 11.4. The van der Waals surface area contributed by atoms with Crippen LogP contribution in [0.1, 0.15) is 69.7 Å². The van der Waals surface area contributed by atoms with E-state index in [1.165, 1.54) is 43.4 Å². The van der Waals surface area contributed by atoms with E-state index >= 15 is 0 Å². The van der Waals surface area contributed by atoms with E-state index < -0.39 is 0 Å². The van der Waals surface area contributed by atoms with Crippen molar-refractivity contribution in [3.05, 3.63) is 22.4 Å². The molecule has 148 valence electrons. The average Bonchev–Trinajstić information content (AvgIpc) is 3.10. The number of rotatable bonds is 7. The molecule has 1 aromatic rings. The minimum absolute atomic E-state index is 0.0116. The van der Waals surface area contributed by atoms with Gasteiger partial charge in [0.1, 0.15) is 0 Å². The van der Waals surface area contributed by atoms with Crippen molar-refractivity contribution < 1.29 is 9.59 Å². The fraction of sp³-hybridized carbons (Fsp3) is 0.727. The zero-order valence-corrected chi connectivity index (χ0v) is 17.3. The minimum atomic E-state index is -0.0963. The van der Waals surface area contributed by atoms with Crippen molar-refractivity contribution in [2.75, 3.05) is 6.54 Å². The van der Waals surface area contributed by atoms with Crippen LogP contribution in [0.2, 0.25) is 0 Å². The number of thiophene rings is 1. The molecule has 0 unspecified atom stereocenters. The second-order valence-electron chi connectivity index (χ2n) is 9.68. The Hall–Kier alpha value is -1.36. The molecule has 4 saturated carbocycles. The van der Waals surface area contributed by atoms with Crippen molar-refractivity contribution in [3.63, 3.8) is 0 Å². The van der Waals surface area contributed by atoms with Crippen LogP contribution in [-0.2, 0) is 9.59 Å². The predicted molar refractivity (Wildman–Crippen MR) is 108 cm³/mol. The third-order valence-electron chi connectivity index (χ3n) is 6.98. The summed E-state index contributed by atoms with van der Waals surface area (Å²) in [6, 6.07) is 4.08. The average molecular weight is 389 g/mol. The van der Waals surface area contributed by atoms with Crippen molar-refractivity contribution in [1.82, 2.24) is 10.6 Å². The zero-order chi connectivity index (χ0) is 19.0. The Labute approximate surface area is 166 Å². The van der Waals surface area contributed by atoms with E-state index in [1.54, 1.807) is 11.3 Å². The molecule has 0 aromatic carbocycles. The van der Waals surface area contributed by atoms with E-state index in [0.717, 1.165) is 17.8 Å². The Balaban J connectivity index is 1.27. The lowest BCUT2D eigenvalue weighted by atomic mass is 9.49. The zero-order valence-electron chi connectivity index (χ0n) is 16.5. The summed E-state index contributed by atoms with van der Waals surface area (Å²) in [5.41, 5.74) is 0.229. The Morgan fingerprint density at radius 1 is 1.11 bits per heavy atom. The van der Waals surface area contributed by atoms with Gasteiger partial charge in [-0.1, -0.05) is 19.9 Å². The molecule has 4 nitrogen and oxygen atoms in total. The van der Waals surface area contributed by atoms with Gasteiger partial charge in [0.2, 0.25) is 11.8 Å². The second-order valence-corrected chi connectivity index (χ2v) is 10.7. The van der Waals surface area contributed by atoms with E-state index in [-0.39, 0.29) is 29.8 Å². The third kappa shape index (κ3) is 4.23. The highest BCUT2D eigenvalue weighted by molar-refractivity contribution is 7.10. The molecule has 5 heteroatoms. The van der Waals surface area contributed by atoms with E-state index in [4.69, 9.17) is 0 Å². The molecule has 5 rings (SSSR count). The molecule has 4 fully saturated rings. The quantitative estimate of drug-likeness (QED) is 0.732. The molecule has 4 bridgehead atoms. The first-order valence-electron chi connectivity index (χ1n) is 10.5. The van der Waals surface area contributed by atoms with E-state index in [9.17, 15) is 9.59 Å². The number of carbonyl (C=O) groups excluding carboxylic acids is 2. The van der Waals surface area contributed by atoms with Gasteiger partial charge < -0.3 is 10.6 Å². The molecule has 4 aliphatic rings. The third-order valence-corrected chi connectivity index (χ3v) is 7.93. The number of hydrogen-bond acceptors (Lipinski definition) is 3. The lowest BCUT2D eigenvalue weighted by Crippen LogP contribution is -2.48. The molecule has 1 heterocycles. The van der Waals surface area contributed by atoms with Crippen molar-refractivity contribution in [3.8, 4) is 0 Å². The fourth-order valence-corrected chi connectivity index (χ4v) is 7.30. The monoisotopic (exact) mass is 388 g/mol. The molecule has 0 saturated heterocycles. The largest absolute Gasteiger partial charge is 0.347 e. The maximum atomic E-state index is 12.6. The van der Waals surface area contributed by atoms with Crippen LogP contribution in [0, 0.1) is 29.1 Å². The van der Waals surface area contributed by atoms with Crippen molar-refractivity contribution in [2.24, 2.45) is 29.1 Å². The Bertz CT molecular complexity index is 647. The molecule has 4 aliphatic carbocycles. The summed E-state index contributed by atoms with van der Waals surface area (Å²) in [5.74, 6) is 2.83. The molecular formula is C22H32N2O2S. The van der Waals surface area contributed by atoms with Gasteiger partial charge in [0.25, 0.3) is 0 Å². The predicted octanol–water partition coefficient (Wildman–Crippen LogP) is 4.28. The summed E-state index contributed by atoms with van der Waals surface area (Å²) in [5, 5.41) is 8.02. The highest BCUT2D eigenvalue weighted by atomic mass is 32.1. The van der Waals surface area contributed by atoms with Crippen LogP contribution < -0.4 is 10.6 Å². The van der Waals surface area contributed by atoms with Crippen LogP contribution in [0.25, 0.3) is 0 Å². The van der Waals surface area contributed by atoms with E-state index in [1.807, 2.05) is 11.4 Å². The van der Waals surface area contributed by atoms with Gasteiger partial charge in [0.05, 0.1) is 12.6 Å². The van der Waals surface area contributed by atoms with Gasteiger partial charge in [-0.2, -0.15) is 0 Å². The first kappa shape index (κ1) is 19.0. The normalized spacial score (nSPS) is 32.5. The van der Waals surface area contributed by atoms with Crippen molar-refractivity contribution in [1.29, 1.82) is 0 Å². The van der Waals surface area contributed by atoms with Crippen LogP contribution in [0.15, 0.2) is 17.5 Å². The molecule has 0 spiro atoms. The molecule has 2 N–H and O–H groups in total. The highest BCUT2D eigenvalue weighted by Crippen LogP contribution is 2.61. The van der Waals surface area contributed by atoms with Gasteiger partial charge in [0.15, 0.2) is 0 Å². The van der Waals surface area contributed by atoms with Gasteiger partial charge in [0, 0.05) is 11.3 Å². The lowest BCUT2D eigenvalue weighted by molar-refractivity contribution is -0.132. The SMILES string of the molecule is CC(C)[C@H](NC(=O)CNC(=O)CC12CC3CC(CC(C3)C1)C2)c1cccs1. The van der Waals surface area contributed by atoms with Gasteiger partial charge >= 0.3 is 0 Å². The lowest BCUT2D eigenvalue weighted by Gasteiger charge is -2.56. The summed E-state index contributed by atoms with van der Waals surface area (Å²) in [7, 11) is 0. The van der Waals surface area contributed by atoms with Crippen LogP contribution in [-0.4, -0.2) is 18.4 Å². The Morgan fingerprint density at radius 2 is 1.74 bits per heavy atom. The van der Waals surface area contributed by atoms with Crippen LogP contribution in [0.3, 0.4) is 0 Å². The van der Waals surface area contributed by atoms with E-state index in [0.29, 0.717) is 12.3 Å². The summed E-state index contributed by atoms with van der Waals surface area (Å²) < 4.78 is 0. The molecule has 1 atom stereocenters. The van der Waals surface area contributed by atoms with Crippen molar-refractivity contribution >= 4 is 23.2 Å². The van der Waals surface area contributed by atoms with E-state index in [2.05, 4.69) is 30.5 Å². The standard InChI is InChI=1S/C22H32N2O2S/c1-14(2)21(18-4-3-5-27-18)24-20(26)13-23-19(25)12-22-9-15-6-16(10-22)8-17(7-15)11-22/h3-5,14-17,21H,6-13H2,1-2H3,(H,23,25)(H,24,26)/t15?,16?,17?,21-,22?/m0/s1. The van der Waals surface area contributed by atoms with Gasteiger partial charge in [-0.25, -0.2) is 0 Å². The maximum absolute atomic E-state index is 12.6. The topological polar surface area (TPSA) is 58.2 Å². The number of carbonyl (C=O) groups is 2. The van der Waals surface area contributed by atoms with Gasteiger partial charge in [-0.05, 0) is 79.1 Å². The second kappa shape index (κ2) is 7.57. The fourth-order valence-electron chi connectivity index (χ4n) is 6.35. The van der Waals surface area contributed by atoms with Crippen LogP contribution in [0.4, 0.5) is 0 Å². The molecular weight excluding hydrogens is 356 g/mol. The summed E-state index contributed by atoms with van der Waals surface area (Å²) >= 11 is 1.66. The van der Waals surface area contributed by atoms with Crippen LogP contribution >= 0.6 is 11.3 Å². The minimum Gasteiger partial charge on any atom is -0.347 e. The summed E-state index contributed by atoms with van der Waals surface area (Å²) in [6.45, 7) is 4.30. The number of hydrogen-bond donors (Lipinski definition) is 2. The van der Waals surface area contributed by atoms with Gasteiger partial charge in [-0.15, -0.1) is 11.3 Å². The molecule has 27 heavy (non-hydrogen) atoms. The molecule has 1 aromatic heterocycles. The Morgan fingerprint density at radius 3 is 2.26 bits per heavy atom. The first-order chi connectivity index (χ1) is 12.9. The Kier molecular flexibility index (Phi) is 5.32. The molecule has 2 amide bonds. The smallest absolute Gasteiger partial charge is 0.239 e. The molecule has 0 aliphatic heterocycles. The van der Waals surface area contributed by atoms with Gasteiger partial charge in [-0.3, -0.25) is 9.59 Å². The van der Waals surface area contributed by atoms with Crippen LogP contribution in [0.5, 0.6) is 0 Å². The maximum Gasteiger partial charge on any atom is 0.239 e. The summed E-state index contributed by atoms with van der Waals surface area (Å²) in [6.07, 6.45) is 8.47. The molecule has 0 radical (unpaired) electrons. The summed E-state index contributed by atoms with van der Waals surface area (Å²) in [4.78, 5) is 26.2. The van der Waals surface area contributed by atoms with Crippen molar-refractivity contribution in [2.45, 2.75) is 64.8 Å².